The van der Waals surface area contributed by atoms with E-state index in [0.29, 0.717) is 36.7 Å². The minimum atomic E-state index is -0.0962. The van der Waals surface area contributed by atoms with Gasteiger partial charge in [-0.25, -0.2) is 4.39 Å². The number of ether oxygens (including phenoxy) is 1. The summed E-state index contributed by atoms with van der Waals surface area (Å²) in [6.45, 7) is 10.3. The molecule has 1 N–H and O–H groups in total. The quantitative estimate of drug-likeness (QED) is 0.179. The van der Waals surface area contributed by atoms with Crippen LogP contribution in [0.1, 0.15) is 120 Å². The maximum Gasteiger partial charge on any atom is 0.246 e. The molecule has 0 atom stereocenters. The number of allylic oxidation sites excluding steroid dienone is 1. The highest BCUT2D eigenvalue weighted by molar-refractivity contribution is 5.92. The number of rotatable bonds is 11. The van der Waals surface area contributed by atoms with Crippen LogP contribution in [0, 0.1) is 23.6 Å². The van der Waals surface area contributed by atoms with E-state index in [1.807, 2.05) is 12.1 Å². The Bertz CT molecular complexity index is 918. The second-order valence-corrected chi connectivity index (χ2v) is 12.4. The zero-order valence-corrected chi connectivity index (χ0v) is 23.7. The molecule has 4 heteroatoms. The van der Waals surface area contributed by atoms with Crippen molar-refractivity contribution in [2.24, 2.45) is 17.8 Å². The van der Waals surface area contributed by atoms with Crippen LogP contribution in [0.15, 0.2) is 43.0 Å². The summed E-state index contributed by atoms with van der Waals surface area (Å²) in [4.78, 5) is 11.6. The van der Waals surface area contributed by atoms with Crippen LogP contribution >= 0.6 is 0 Å². The van der Waals surface area contributed by atoms with Gasteiger partial charge in [-0.1, -0.05) is 24.8 Å². The van der Waals surface area contributed by atoms with Gasteiger partial charge in [0.25, 0.3) is 0 Å². The maximum absolute atomic E-state index is 15.3. The van der Waals surface area contributed by atoms with Gasteiger partial charge in [0, 0.05) is 12.1 Å². The third kappa shape index (κ3) is 8.04. The number of carbonyl (C=O) groups is 1. The second kappa shape index (κ2) is 14.4. The van der Waals surface area contributed by atoms with Gasteiger partial charge >= 0.3 is 0 Å². The Hall–Kier alpha value is -1.94. The summed E-state index contributed by atoms with van der Waals surface area (Å²) < 4.78 is 21.3. The molecule has 3 aliphatic carbocycles. The molecule has 3 saturated carbocycles. The molecule has 0 aliphatic heterocycles. The van der Waals surface area contributed by atoms with Crippen LogP contribution in [-0.4, -0.2) is 25.2 Å². The number of hydrogen-bond acceptors (Lipinski definition) is 2. The zero-order chi connectivity index (χ0) is 26.9. The summed E-state index contributed by atoms with van der Waals surface area (Å²) in [6, 6.07) is 6.24. The summed E-state index contributed by atoms with van der Waals surface area (Å²) in [7, 11) is 0. The van der Waals surface area contributed by atoms with Crippen LogP contribution < -0.4 is 5.32 Å². The first-order valence-corrected chi connectivity index (χ1v) is 15.4. The Labute approximate surface area is 230 Å². The predicted molar refractivity (Wildman–Crippen MR) is 155 cm³/mol. The van der Waals surface area contributed by atoms with Crippen molar-refractivity contribution in [3.8, 4) is 0 Å². The molecule has 3 nitrogen and oxygen atoms in total. The van der Waals surface area contributed by atoms with Crippen molar-refractivity contribution in [2.45, 2.75) is 115 Å². The summed E-state index contributed by atoms with van der Waals surface area (Å²) in [5.41, 5.74) is 2.72. The molecule has 0 bridgehead atoms. The average molecular weight is 524 g/mol. The van der Waals surface area contributed by atoms with Crippen molar-refractivity contribution >= 4 is 5.91 Å². The third-order valence-electron chi connectivity index (χ3n) is 9.85. The largest absolute Gasteiger partial charge is 0.376 e. The molecule has 0 aromatic heterocycles. The SMILES string of the molecule is C=CCCC1CCC(c2ccc(C3CCC(C4CCC(OCCNC(=O)C(=C)C)CC4)CC3)c(F)c2)CC1. The van der Waals surface area contributed by atoms with E-state index in [1.54, 1.807) is 6.92 Å². The van der Waals surface area contributed by atoms with Crippen LogP contribution in [0.4, 0.5) is 4.39 Å². The fourth-order valence-corrected chi connectivity index (χ4v) is 7.44. The summed E-state index contributed by atoms with van der Waals surface area (Å²) in [6.07, 6.45) is 19.1. The monoisotopic (exact) mass is 523 g/mol. The molecule has 1 aromatic carbocycles. The molecular weight excluding hydrogens is 473 g/mol. The highest BCUT2D eigenvalue weighted by Gasteiger charge is 2.32. The van der Waals surface area contributed by atoms with Crippen molar-refractivity contribution < 1.29 is 13.9 Å². The Morgan fingerprint density at radius 3 is 2.21 bits per heavy atom. The van der Waals surface area contributed by atoms with Gasteiger partial charge in [0.2, 0.25) is 5.91 Å². The summed E-state index contributed by atoms with van der Waals surface area (Å²) in [5.74, 6) is 3.24. The molecule has 0 spiro atoms. The van der Waals surface area contributed by atoms with Crippen LogP contribution in [0.3, 0.4) is 0 Å². The van der Waals surface area contributed by atoms with Gasteiger partial charge in [-0.3, -0.25) is 4.79 Å². The average Bonchev–Trinajstić information content (AvgIpc) is 2.95. The van der Waals surface area contributed by atoms with Crippen LogP contribution in [0.5, 0.6) is 0 Å². The Morgan fingerprint density at radius 1 is 0.974 bits per heavy atom. The van der Waals surface area contributed by atoms with Gasteiger partial charge in [-0.2, -0.15) is 0 Å². The molecule has 0 unspecified atom stereocenters. The Kier molecular flexibility index (Phi) is 11.0. The molecule has 210 valence electrons. The van der Waals surface area contributed by atoms with E-state index >= 15 is 4.39 Å². The third-order valence-corrected chi connectivity index (χ3v) is 9.85. The fourth-order valence-electron chi connectivity index (χ4n) is 7.44. The lowest BCUT2D eigenvalue weighted by atomic mass is 9.69. The van der Waals surface area contributed by atoms with E-state index < -0.39 is 0 Å². The molecule has 38 heavy (non-hydrogen) atoms. The van der Waals surface area contributed by atoms with E-state index in [2.05, 4.69) is 30.6 Å². The van der Waals surface area contributed by atoms with Crippen LogP contribution in [-0.2, 0) is 9.53 Å². The minimum Gasteiger partial charge on any atom is -0.376 e. The lowest BCUT2D eigenvalue weighted by Gasteiger charge is -2.38. The van der Waals surface area contributed by atoms with Crippen molar-refractivity contribution in [3.05, 3.63) is 60.0 Å². The fraction of sp³-hybridized carbons (Fsp3) is 0.676. The topological polar surface area (TPSA) is 38.3 Å². The number of benzene rings is 1. The molecule has 4 rings (SSSR count). The molecule has 1 amide bonds. The molecular formula is C34H50FNO2. The molecule has 3 aliphatic rings. The number of halogens is 1. The zero-order valence-electron chi connectivity index (χ0n) is 23.7. The molecule has 1 aromatic rings. The predicted octanol–water partition coefficient (Wildman–Crippen LogP) is 8.61. The van der Waals surface area contributed by atoms with Crippen LogP contribution in [0.25, 0.3) is 0 Å². The Balaban J connectivity index is 1.17. The highest BCUT2D eigenvalue weighted by atomic mass is 19.1. The number of nitrogens with one attached hydrogen (secondary N) is 1. The van der Waals surface area contributed by atoms with Crippen molar-refractivity contribution in [2.75, 3.05) is 13.2 Å². The van der Waals surface area contributed by atoms with Crippen LogP contribution in [0.2, 0.25) is 0 Å². The number of carbonyl (C=O) groups excluding carboxylic acids is 1. The van der Waals surface area contributed by atoms with E-state index in [4.69, 9.17) is 4.74 Å². The highest BCUT2D eigenvalue weighted by Crippen LogP contribution is 2.44. The lowest BCUT2D eigenvalue weighted by molar-refractivity contribution is -0.117. The van der Waals surface area contributed by atoms with Crippen molar-refractivity contribution in [1.82, 2.24) is 5.32 Å². The number of amides is 1. The van der Waals surface area contributed by atoms with E-state index in [-0.39, 0.29) is 11.7 Å². The summed E-state index contributed by atoms with van der Waals surface area (Å²) >= 11 is 0. The standard InChI is InChI=1S/C34H50FNO2/c1-4-5-6-25-7-9-28(10-8-25)30-17-20-32(33(35)23-30)29-13-11-26(12-14-29)27-15-18-31(19-16-27)38-22-21-36-34(37)24(2)3/h4,17,20,23,25-29,31H,1-2,5-16,18-19,21-22H2,3H3,(H,36,37). The maximum atomic E-state index is 15.3. The van der Waals surface area contributed by atoms with Gasteiger partial charge < -0.3 is 10.1 Å². The van der Waals surface area contributed by atoms with E-state index in [1.165, 1.54) is 63.4 Å². The number of hydrogen-bond donors (Lipinski definition) is 1. The van der Waals surface area contributed by atoms with E-state index in [0.717, 1.165) is 55.4 Å². The van der Waals surface area contributed by atoms with Crippen molar-refractivity contribution in [1.29, 1.82) is 0 Å². The smallest absolute Gasteiger partial charge is 0.246 e. The second-order valence-electron chi connectivity index (χ2n) is 12.4. The minimum absolute atomic E-state index is 0.0387. The first-order valence-electron chi connectivity index (χ1n) is 15.4. The molecule has 0 radical (unpaired) electrons. The van der Waals surface area contributed by atoms with Crippen molar-refractivity contribution in [3.63, 3.8) is 0 Å². The molecule has 3 fully saturated rings. The van der Waals surface area contributed by atoms with Gasteiger partial charge in [-0.05, 0) is 144 Å². The normalized spacial score (nSPS) is 29.9. The van der Waals surface area contributed by atoms with E-state index in [9.17, 15) is 4.79 Å². The summed E-state index contributed by atoms with van der Waals surface area (Å²) in [5, 5.41) is 2.84. The van der Waals surface area contributed by atoms with Gasteiger partial charge in [0.1, 0.15) is 5.82 Å². The van der Waals surface area contributed by atoms with Gasteiger partial charge in [0.15, 0.2) is 0 Å². The first-order chi connectivity index (χ1) is 18.4. The molecule has 0 saturated heterocycles. The lowest BCUT2D eigenvalue weighted by Crippen LogP contribution is -2.31. The first kappa shape index (κ1) is 29.1. The van der Waals surface area contributed by atoms with Gasteiger partial charge in [-0.15, -0.1) is 6.58 Å². The Morgan fingerprint density at radius 2 is 1.61 bits per heavy atom. The molecule has 0 heterocycles. The van der Waals surface area contributed by atoms with Gasteiger partial charge in [0.05, 0.1) is 12.7 Å².